The number of nitrogens with zero attached hydrogens (tertiary/aromatic N) is 1. The van der Waals surface area contributed by atoms with Crippen molar-refractivity contribution in [2.45, 2.75) is 32.9 Å². The van der Waals surface area contributed by atoms with Gasteiger partial charge in [0.25, 0.3) is 0 Å². The molecule has 0 unspecified atom stereocenters. The van der Waals surface area contributed by atoms with E-state index in [0.29, 0.717) is 0 Å². The van der Waals surface area contributed by atoms with E-state index in [1.54, 1.807) is 0 Å². The van der Waals surface area contributed by atoms with Crippen LogP contribution in [0.1, 0.15) is 28.2 Å². The van der Waals surface area contributed by atoms with E-state index in [4.69, 9.17) is 0 Å². The molecule has 0 bridgehead atoms. The third kappa shape index (κ3) is 3.87. The lowest BCUT2D eigenvalue weighted by atomic mass is 10.1. The quantitative estimate of drug-likeness (QED) is 0.800. The minimum absolute atomic E-state index is 0.897. The molecule has 1 N–H and O–H groups in total. The maximum absolute atomic E-state index is 3.61. The number of thiophene rings is 1. The van der Waals surface area contributed by atoms with Crippen molar-refractivity contribution in [1.29, 1.82) is 0 Å². The second kappa shape index (κ2) is 6.95. The largest absolute Gasteiger partial charge is 0.380 e. The molecule has 0 aliphatic carbocycles. The second-order valence-corrected chi connectivity index (χ2v) is 7.81. The van der Waals surface area contributed by atoms with Crippen LogP contribution in [0.2, 0.25) is 0 Å². The normalized spacial score (nSPS) is 15.5. The van der Waals surface area contributed by atoms with E-state index >= 15 is 0 Å². The number of anilines is 1. The van der Waals surface area contributed by atoms with Gasteiger partial charge in [-0.3, -0.25) is 4.90 Å². The first-order valence-electron chi connectivity index (χ1n) is 7.51. The molecule has 1 saturated heterocycles. The number of nitrogens with one attached hydrogen (secondary N) is 1. The number of aryl methyl sites for hydroxylation is 1. The Morgan fingerprint density at radius 3 is 2.71 bits per heavy atom. The highest BCUT2D eigenvalue weighted by molar-refractivity contribution is 9.10. The summed E-state index contributed by atoms with van der Waals surface area (Å²) in [5.74, 6) is 0. The lowest BCUT2D eigenvalue weighted by molar-refractivity contribution is 0.332. The number of para-hydroxylation sites is 1. The third-order valence-corrected chi connectivity index (χ3v) is 6.11. The molecule has 4 heteroatoms. The lowest BCUT2D eigenvalue weighted by Crippen LogP contribution is -2.19. The summed E-state index contributed by atoms with van der Waals surface area (Å²) in [5.41, 5.74) is 2.68. The Morgan fingerprint density at radius 1 is 1.24 bits per heavy atom. The highest BCUT2D eigenvalue weighted by Gasteiger charge is 2.13. The van der Waals surface area contributed by atoms with Crippen LogP contribution in [0.15, 0.2) is 34.8 Å². The molecule has 0 spiro atoms. The average molecular weight is 365 g/mol. The zero-order valence-electron chi connectivity index (χ0n) is 12.4. The van der Waals surface area contributed by atoms with Crippen molar-refractivity contribution in [2.24, 2.45) is 0 Å². The van der Waals surface area contributed by atoms with E-state index in [-0.39, 0.29) is 0 Å². The van der Waals surface area contributed by atoms with E-state index in [9.17, 15) is 0 Å². The Morgan fingerprint density at radius 2 is 2.00 bits per heavy atom. The number of hydrogen-bond acceptors (Lipinski definition) is 3. The molecule has 0 saturated carbocycles. The van der Waals surface area contributed by atoms with Crippen LogP contribution in [-0.4, -0.2) is 18.0 Å². The number of benzene rings is 1. The molecule has 0 amide bonds. The molecular formula is C17H21BrN2S. The van der Waals surface area contributed by atoms with Crippen molar-refractivity contribution < 1.29 is 0 Å². The fourth-order valence-electron chi connectivity index (χ4n) is 2.80. The topological polar surface area (TPSA) is 15.3 Å². The summed E-state index contributed by atoms with van der Waals surface area (Å²) >= 11 is 5.44. The van der Waals surface area contributed by atoms with E-state index in [1.807, 2.05) is 11.3 Å². The summed E-state index contributed by atoms with van der Waals surface area (Å²) < 4.78 is 1.22. The Bertz CT molecular complexity index is 583. The van der Waals surface area contributed by atoms with E-state index in [0.717, 1.165) is 13.1 Å². The summed E-state index contributed by atoms with van der Waals surface area (Å²) in [6.07, 6.45) is 2.69. The monoisotopic (exact) mass is 364 g/mol. The van der Waals surface area contributed by atoms with Gasteiger partial charge in [-0.2, -0.15) is 0 Å². The Labute approximate surface area is 139 Å². The fourth-order valence-corrected chi connectivity index (χ4v) is 4.34. The standard InChI is InChI=1S/C17H21BrN2S/c1-13-16(18)10-15(21-13)11-19-17-7-3-2-6-14(17)12-20-8-4-5-9-20/h2-3,6-7,10,19H,4-5,8-9,11-12H2,1H3. The molecule has 1 fully saturated rings. The van der Waals surface area contributed by atoms with Gasteiger partial charge in [0.1, 0.15) is 0 Å². The molecule has 112 valence electrons. The van der Waals surface area contributed by atoms with Gasteiger partial charge in [-0.1, -0.05) is 18.2 Å². The molecule has 3 rings (SSSR count). The van der Waals surface area contributed by atoms with E-state index in [1.165, 1.54) is 51.4 Å². The van der Waals surface area contributed by atoms with Crippen molar-refractivity contribution in [3.8, 4) is 0 Å². The summed E-state index contributed by atoms with van der Waals surface area (Å²) in [5, 5.41) is 3.61. The van der Waals surface area contributed by atoms with Crippen LogP contribution >= 0.6 is 27.3 Å². The summed E-state index contributed by atoms with van der Waals surface area (Å²) in [6, 6.07) is 10.9. The highest BCUT2D eigenvalue weighted by atomic mass is 79.9. The molecule has 1 aromatic carbocycles. The van der Waals surface area contributed by atoms with Gasteiger partial charge in [0.2, 0.25) is 0 Å². The molecule has 2 heterocycles. The van der Waals surface area contributed by atoms with E-state index in [2.05, 4.69) is 63.4 Å². The van der Waals surface area contributed by atoms with Crippen LogP contribution < -0.4 is 5.32 Å². The number of rotatable bonds is 5. The Kier molecular flexibility index (Phi) is 4.99. The molecule has 2 nitrogen and oxygen atoms in total. The minimum Gasteiger partial charge on any atom is -0.380 e. The van der Waals surface area contributed by atoms with Gasteiger partial charge in [-0.15, -0.1) is 11.3 Å². The zero-order chi connectivity index (χ0) is 14.7. The number of hydrogen-bond donors (Lipinski definition) is 1. The maximum atomic E-state index is 3.61. The first-order chi connectivity index (χ1) is 10.2. The summed E-state index contributed by atoms with van der Waals surface area (Å²) in [7, 11) is 0. The van der Waals surface area contributed by atoms with Gasteiger partial charge in [-0.25, -0.2) is 0 Å². The van der Waals surface area contributed by atoms with Gasteiger partial charge < -0.3 is 5.32 Å². The highest BCUT2D eigenvalue weighted by Crippen LogP contribution is 2.27. The predicted molar refractivity (Wildman–Crippen MR) is 95.0 cm³/mol. The van der Waals surface area contributed by atoms with Crippen molar-refractivity contribution >= 4 is 33.0 Å². The van der Waals surface area contributed by atoms with Crippen molar-refractivity contribution in [2.75, 3.05) is 18.4 Å². The predicted octanol–water partition coefficient (Wildman–Crippen LogP) is 5.03. The van der Waals surface area contributed by atoms with Crippen LogP contribution in [-0.2, 0) is 13.1 Å². The number of halogens is 1. The Balaban J connectivity index is 1.66. The molecular weight excluding hydrogens is 344 g/mol. The molecule has 1 aliphatic heterocycles. The Hall–Kier alpha value is -0.840. The summed E-state index contributed by atoms with van der Waals surface area (Å²) in [6.45, 7) is 6.60. The fraction of sp³-hybridized carbons (Fsp3) is 0.412. The maximum Gasteiger partial charge on any atom is 0.0494 e. The van der Waals surface area contributed by atoms with Gasteiger partial charge in [0.15, 0.2) is 0 Å². The number of likely N-dealkylation sites (tertiary alicyclic amines) is 1. The van der Waals surface area contributed by atoms with Crippen LogP contribution in [0.3, 0.4) is 0 Å². The molecule has 2 aromatic rings. The summed E-state index contributed by atoms with van der Waals surface area (Å²) in [4.78, 5) is 5.26. The van der Waals surface area contributed by atoms with Crippen molar-refractivity contribution in [3.63, 3.8) is 0 Å². The van der Waals surface area contributed by atoms with Gasteiger partial charge in [-0.05, 0) is 66.5 Å². The average Bonchev–Trinajstić information content (AvgIpc) is 3.09. The third-order valence-electron chi connectivity index (χ3n) is 3.97. The first kappa shape index (κ1) is 15.1. The minimum atomic E-state index is 0.897. The smallest absolute Gasteiger partial charge is 0.0494 e. The van der Waals surface area contributed by atoms with Crippen LogP contribution in [0.25, 0.3) is 0 Å². The first-order valence-corrected chi connectivity index (χ1v) is 9.12. The van der Waals surface area contributed by atoms with Crippen LogP contribution in [0, 0.1) is 6.92 Å². The SMILES string of the molecule is Cc1sc(CNc2ccccc2CN2CCCC2)cc1Br. The molecule has 0 radical (unpaired) electrons. The molecule has 1 aromatic heterocycles. The van der Waals surface area contributed by atoms with Crippen LogP contribution in [0.5, 0.6) is 0 Å². The zero-order valence-corrected chi connectivity index (χ0v) is 14.8. The van der Waals surface area contributed by atoms with Gasteiger partial charge in [0, 0.05) is 33.0 Å². The van der Waals surface area contributed by atoms with Gasteiger partial charge in [0.05, 0.1) is 0 Å². The van der Waals surface area contributed by atoms with Crippen LogP contribution in [0.4, 0.5) is 5.69 Å². The van der Waals surface area contributed by atoms with E-state index < -0.39 is 0 Å². The second-order valence-electron chi connectivity index (χ2n) is 5.61. The molecule has 1 aliphatic rings. The van der Waals surface area contributed by atoms with Crippen molar-refractivity contribution in [3.05, 3.63) is 50.1 Å². The lowest BCUT2D eigenvalue weighted by Gasteiger charge is -2.18. The van der Waals surface area contributed by atoms with Gasteiger partial charge >= 0.3 is 0 Å². The molecule has 0 atom stereocenters. The molecule has 21 heavy (non-hydrogen) atoms. The van der Waals surface area contributed by atoms with Crippen molar-refractivity contribution in [1.82, 2.24) is 4.90 Å².